The fourth-order valence-electron chi connectivity index (χ4n) is 2.58. The van der Waals surface area contributed by atoms with E-state index in [0.717, 1.165) is 6.42 Å². The maximum atomic E-state index is 10.8. The molecule has 1 aromatic carbocycles. The maximum Gasteiger partial charge on any atom is 0.231 e. The third kappa shape index (κ3) is 1.95. The van der Waals surface area contributed by atoms with E-state index in [2.05, 4.69) is 37.4 Å². The molecular weight excluding hydrogens is 200 g/mol. The molecule has 16 heavy (non-hydrogen) atoms. The minimum absolute atomic E-state index is 0.138. The van der Waals surface area contributed by atoms with Crippen molar-refractivity contribution in [1.29, 1.82) is 0 Å². The van der Waals surface area contributed by atoms with Gasteiger partial charge in [0.15, 0.2) is 0 Å². The summed E-state index contributed by atoms with van der Waals surface area (Å²) in [6.07, 6.45) is 1.04. The molecule has 0 spiro atoms. The Balaban J connectivity index is 2.24. The van der Waals surface area contributed by atoms with Crippen molar-refractivity contribution in [1.82, 2.24) is 5.32 Å². The van der Waals surface area contributed by atoms with Crippen molar-refractivity contribution in [3.63, 3.8) is 0 Å². The van der Waals surface area contributed by atoms with Crippen LogP contribution in [-0.4, -0.2) is 12.5 Å². The van der Waals surface area contributed by atoms with Gasteiger partial charge >= 0.3 is 0 Å². The van der Waals surface area contributed by atoms with Crippen LogP contribution < -0.4 is 11.1 Å². The average molecular weight is 218 g/mol. The molecule has 1 aromatic rings. The zero-order valence-electron chi connectivity index (χ0n) is 9.79. The molecule has 1 aliphatic rings. The first-order valence-electron chi connectivity index (χ1n) is 5.60. The molecule has 0 saturated carbocycles. The fourth-order valence-corrected chi connectivity index (χ4v) is 2.58. The van der Waals surface area contributed by atoms with E-state index in [9.17, 15) is 4.79 Å². The number of rotatable bonds is 3. The summed E-state index contributed by atoms with van der Waals surface area (Å²) in [4.78, 5) is 10.8. The summed E-state index contributed by atoms with van der Waals surface area (Å²) in [5.41, 5.74) is 7.99. The number of primary amides is 1. The molecule has 1 atom stereocenters. The first-order valence-corrected chi connectivity index (χ1v) is 5.60. The third-order valence-corrected chi connectivity index (χ3v) is 3.27. The quantitative estimate of drug-likeness (QED) is 0.805. The van der Waals surface area contributed by atoms with Crippen molar-refractivity contribution in [2.75, 3.05) is 6.54 Å². The van der Waals surface area contributed by atoms with Crippen LogP contribution in [0.2, 0.25) is 0 Å². The van der Waals surface area contributed by atoms with Crippen molar-refractivity contribution < 1.29 is 4.79 Å². The molecule has 0 fully saturated rings. The van der Waals surface area contributed by atoms with Crippen molar-refractivity contribution in [3.05, 3.63) is 35.4 Å². The topological polar surface area (TPSA) is 55.1 Å². The predicted octanol–water partition coefficient (Wildman–Crippen LogP) is 1.38. The van der Waals surface area contributed by atoms with Gasteiger partial charge in [0.25, 0.3) is 0 Å². The second-order valence-electron chi connectivity index (χ2n) is 5.14. The standard InChI is InChI=1S/C13H18N2O/c1-13(2)7-9-5-3-4-6-10(9)12(13)15-8-11(14)16/h3-6,12,15H,7-8H2,1-2H3,(H2,14,16). The first kappa shape index (κ1) is 11.1. The zero-order chi connectivity index (χ0) is 11.8. The van der Waals surface area contributed by atoms with Crippen LogP contribution in [0.3, 0.4) is 0 Å². The van der Waals surface area contributed by atoms with E-state index in [1.54, 1.807) is 0 Å². The van der Waals surface area contributed by atoms with Gasteiger partial charge in [0.05, 0.1) is 6.54 Å². The molecular formula is C13H18N2O. The second kappa shape index (κ2) is 3.91. The van der Waals surface area contributed by atoms with Crippen LogP contribution in [0, 0.1) is 5.41 Å². The summed E-state index contributed by atoms with van der Waals surface area (Å²) in [6, 6.07) is 8.60. The van der Waals surface area contributed by atoms with Crippen molar-refractivity contribution in [3.8, 4) is 0 Å². The molecule has 3 heteroatoms. The SMILES string of the molecule is CC1(C)Cc2ccccc2C1NCC(N)=O. The number of amides is 1. The van der Waals surface area contributed by atoms with Crippen molar-refractivity contribution in [2.24, 2.45) is 11.1 Å². The van der Waals surface area contributed by atoms with Crippen molar-refractivity contribution >= 4 is 5.91 Å². The molecule has 2 rings (SSSR count). The van der Waals surface area contributed by atoms with E-state index < -0.39 is 0 Å². The van der Waals surface area contributed by atoms with Crippen LogP contribution in [0.25, 0.3) is 0 Å². The smallest absolute Gasteiger partial charge is 0.231 e. The molecule has 86 valence electrons. The van der Waals surface area contributed by atoms with Crippen LogP contribution in [0.5, 0.6) is 0 Å². The van der Waals surface area contributed by atoms with E-state index in [4.69, 9.17) is 5.73 Å². The lowest BCUT2D eigenvalue weighted by atomic mass is 9.85. The molecule has 1 amide bonds. The summed E-state index contributed by atoms with van der Waals surface area (Å²) in [5.74, 6) is -0.305. The molecule has 1 unspecified atom stereocenters. The summed E-state index contributed by atoms with van der Waals surface area (Å²) in [5, 5.41) is 3.25. The number of nitrogens with one attached hydrogen (secondary N) is 1. The van der Waals surface area contributed by atoms with Gasteiger partial charge in [0.1, 0.15) is 0 Å². The van der Waals surface area contributed by atoms with Gasteiger partial charge in [-0.25, -0.2) is 0 Å². The molecule has 0 aliphatic heterocycles. The van der Waals surface area contributed by atoms with E-state index in [1.165, 1.54) is 11.1 Å². The third-order valence-electron chi connectivity index (χ3n) is 3.27. The Morgan fingerprint density at radius 3 is 2.88 bits per heavy atom. The Kier molecular flexibility index (Phi) is 2.72. The Labute approximate surface area is 96.0 Å². The van der Waals surface area contributed by atoms with Gasteiger partial charge in [-0.1, -0.05) is 38.1 Å². The average Bonchev–Trinajstić information content (AvgIpc) is 2.44. The van der Waals surface area contributed by atoms with Gasteiger partial charge in [-0.3, -0.25) is 4.79 Å². The van der Waals surface area contributed by atoms with E-state index in [1.807, 2.05) is 6.07 Å². The van der Waals surface area contributed by atoms with Gasteiger partial charge in [-0.2, -0.15) is 0 Å². The van der Waals surface area contributed by atoms with Crippen LogP contribution >= 0.6 is 0 Å². The number of carbonyl (C=O) groups excluding carboxylic acids is 1. The summed E-state index contributed by atoms with van der Waals surface area (Å²) >= 11 is 0. The Bertz CT molecular complexity index is 412. The van der Waals surface area contributed by atoms with Gasteiger partial charge in [0.2, 0.25) is 5.91 Å². The van der Waals surface area contributed by atoms with Crippen molar-refractivity contribution in [2.45, 2.75) is 26.3 Å². The Morgan fingerprint density at radius 2 is 2.19 bits per heavy atom. The highest BCUT2D eigenvalue weighted by atomic mass is 16.1. The minimum atomic E-state index is -0.305. The number of hydrogen-bond donors (Lipinski definition) is 2. The van der Waals surface area contributed by atoms with Crippen LogP contribution in [0.4, 0.5) is 0 Å². The molecule has 3 nitrogen and oxygen atoms in total. The molecule has 3 N–H and O–H groups in total. The highest BCUT2D eigenvalue weighted by Gasteiger charge is 2.38. The van der Waals surface area contributed by atoms with Crippen LogP contribution in [-0.2, 0) is 11.2 Å². The number of carbonyl (C=O) groups is 1. The minimum Gasteiger partial charge on any atom is -0.369 e. The van der Waals surface area contributed by atoms with Crippen LogP contribution in [0.15, 0.2) is 24.3 Å². The molecule has 0 radical (unpaired) electrons. The van der Waals surface area contributed by atoms with E-state index >= 15 is 0 Å². The highest BCUT2D eigenvalue weighted by molar-refractivity contribution is 5.76. The number of nitrogens with two attached hydrogens (primary N) is 1. The highest BCUT2D eigenvalue weighted by Crippen LogP contribution is 2.44. The molecule has 0 bridgehead atoms. The number of fused-ring (bicyclic) bond motifs is 1. The predicted molar refractivity (Wildman–Crippen MR) is 63.9 cm³/mol. The second-order valence-corrected chi connectivity index (χ2v) is 5.14. The monoisotopic (exact) mass is 218 g/mol. The molecule has 0 heterocycles. The summed E-state index contributed by atoms with van der Waals surface area (Å²) in [6.45, 7) is 4.67. The summed E-state index contributed by atoms with van der Waals surface area (Å²) < 4.78 is 0. The zero-order valence-corrected chi connectivity index (χ0v) is 9.79. The lowest BCUT2D eigenvalue weighted by Crippen LogP contribution is -2.36. The number of hydrogen-bond acceptors (Lipinski definition) is 2. The lowest BCUT2D eigenvalue weighted by molar-refractivity contribution is -0.117. The maximum absolute atomic E-state index is 10.8. The fraction of sp³-hybridized carbons (Fsp3) is 0.462. The molecule has 1 aliphatic carbocycles. The van der Waals surface area contributed by atoms with Crippen LogP contribution in [0.1, 0.15) is 31.0 Å². The van der Waals surface area contributed by atoms with Gasteiger partial charge < -0.3 is 11.1 Å². The first-order chi connectivity index (χ1) is 7.50. The Hall–Kier alpha value is -1.35. The van der Waals surface area contributed by atoms with Gasteiger partial charge in [0, 0.05) is 6.04 Å². The van der Waals surface area contributed by atoms with E-state index in [0.29, 0.717) is 0 Å². The number of benzene rings is 1. The summed E-state index contributed by atoms with van der Waals surface area (Å²) in [7, 11) is 0. The molecule has 0 saturated heterocycles. The largest absolute Gasteiger partial charge is 0.369 e. The lowest BCUT2D eigenvalue weighted by Gasteiger charge is -2.28. The van der Waals surface area contributed by atoms with E-state index in [-0.39, 0.29) is 23.9 Å². The van der Waals surface area contributed by atoms with Gasteiger partial charge in [-0.15, -0.1) is 0 Å². The normalized spacial score (nSPS) is 21.8. The Morgan fingerprint density at radius 1 is 1.50 bits per heavy atom. The molecule has 0 aromatic heterocycles. The van der Waals surface area contributed by atoms with Gasteiger partial charge in [-0.05, 0) is 23.0 Å².